The fourth-order valence-electron chi connectivity index (χ4n) is 3.85. The summed E-state index contributed by atoms with van der Waals surface area (Å²) in [7, 11) is 0.494. The molecule has 0 amide bonds. The molecule has 3 aromatic heterocycles. The van der Waals surface area contributed by atoms with Crippen LogP contribution in [-0.2, 0) is 15.6 Å². The van der Waals surface area contributed by atoms with Crippen LogP contribution in [0.3, 0.4) is 0 Å². The Bertz CT molecular complexity index is 1500. The van der Waals surface area contributed by atoms with Gasteiger partial charge in [-0.15, -0.1) is 10.2 Å². The lowest BCUT2D eigenvalue weighted by molar-refractivity contribution is 0.175. The first-order chi connectivity index (χ1) is 18.2. The molecule has 2 atom stereocenters. The number of hydrogen-bond acceptors (Lipinski definition) is 11. The van der Waals surface area contributed by atoms with E-state index in [0.717, 1.165) is 0 Å². The molecular formula is C25H28N6O6S. The third kappa shape index (κ3) is 5.29. The van der Waals surface area contributed by atoms with Crippen LogP contribution in [0.1, 0.15) is 30.2 Å². The molecule has 0 aliphatic carbocycles. The zero-order valence-corrected chi connectivity index (χ0v) is 22.4. The summed E-state index contributed by atoms with van der Waals surface area (Å²) < 4.78 is 45.0. The van der Waals surface area contributed by atoms with E-state index in [1.54, 1.807) is 43.3 Å². The van der Waals surface area contributed by atoms with Crippen molar-refractivity contribution in [3.63, 3.8) is 0 Å². The number of sulfone groups is 1. The molecule has 4 aromatic rings. The molecule has 3 heterocycles. The van der Waals surface area contributed by atoms with Gasteiger partial charge in [0.1, 0.15) is 34.5 Å². The number of para-hydroxylation sites is 1. The van der Waals surface area contributed by atoms with Crippen molar-refractivity contribution in [2.75, 3.05) is 21.3 Å². The maximum atomic E-state index is 13.5. The zero-order chi connectivity index (χ0) is 27.4. The van der Waals surface area contributed by atoms with Crippen LogP contribution in [0.15, 0.2) is 48.8 Å². The molecule has 0 radical (unpaired) electrons. The van der Waals surface area contributed by atoms with Crippen LogP contribution in [0.5, 0.6) is 17.4 Å². The van der Waals surface area contributed by atoms with E-state index in [9.17, 15) is 13.5 Å². The van der Waals surface area contributed by atoms with E-state index < -0.39 is 26.9 Å². The Morgan fingerprint density at radius 1 is 0.947 bits per heavy atom. The first-order valence-corrected chi connectivity index (χ1v) is 13.3. The molecular weight excluding hydrogens is 512 g/mol. The van der Waals surface area contributed by atoms with Gasteiger partial charge in [0, 0.05) is 24.0 Å². The van der Waals surface area contributed by atoms with Crippen molar-refractivity contribution in [2.24, 2.45) is 0 Å². The Labute approximate surface area is 220 Å². The second-order valence-corrected chi connectivity index (χ2v) is 10.7. The van der Waals surface area contributed by atoms with Crippen LogP contribution in [0.2, 0.25) is 0 Å². The van der Waals surface area contributed by atoms with E-state index >= 15 is 0 Å². The molecule has 0 aliphatic heterocycles. The van der Waals surface area contributed by atoms with E-state index in [0.29, 0.717) is 40.1 Å². The average Bonchev–Trinajstić information content (AvgIpc) is 3.34. The molecule has 1 N–H and O–H groups in total. The maximum absolute atomic E-state index is 13.5. The minimum Gasteiger partial charge on any atom is -0.494 e. The van der Waals surface area contributed by atoms with E-state index in [1.807, 2.05) is 0 Å². The van der Waals surface area contributed by atoms with Crippen molar-refractivity contribution in [1.82, 2.24) is 29.7 Å². The summed E-state index contributed by atoms with van der Waals surface area (Å²) in [6, 6.07) is 10.3. The summed E-state index contributed by atoms with van der Waals surface area (Å²) in [5.74, 6) is 1.43. The number of benzene rings is 1. The maximum Gasteiger partial charge on any atom is 0.213 e. The number of pyridine rings is 1. The average molecular weight is 541 g/mol. The van der Waals surface area contributed by atoms with E-state index in [1.165, 1.54) is 45.2 Å². The highest BCUT2D eigenvalue weighted by atomic mass is 32.2. The SMILES string of the molecule is COc1cccc(-c2nnc(CS(=O)(=O)[C@H](C)[C@H](O)c3cnc(C)nc3)n2-c2c(OC)cccc2OC)n1. The van der Waals surface area contributed by atoms with Crippen molar-refractivity contribution in [3.05, 3.63) is 66.0 Å². The molecule has 1 aromatic carbocycles. The lowest BCUT2D eigenvalue weighted by Crippen LogP contribution is -2.28. The van der Waals surface area contributed by atoms with Crippen molar-refractivity contribution < 1.29 is 27.7 Å². The van der Waals surface area contributed by atoms with Crippen molar-refractivity contribution in [2.45, 2.75) is 31.0 Å². The van der Waals surface area contributed by atoms with Crippen molar-refractivity contribution in [3.8, 4) is 34.6 Å². The monoisotopic (exact) mass is 540 g/mol. The third-order valence-electron chi connectivity index (χ3n) is 6.00. The third-order valence-corrected chi connectivity index (χ3v) is 8.05. The summed E-state index contributed by atoms with van der Waals surface area (Å²) in [5.41, 5.74) is 1.08. The number of rotatable bonds is 10. The van der Waals surface area contributed by atoms with Crippen molar-refractivity contribution >= 4 is 9.84 Å². The van der Waals surface area contributed by atoms with Crippen LogP contribution in [0.4, 0.5) is 0 Å². The Kier molecular flexibility index (Phi) is 7.88. The number of aromatic nitrogens is 6. The first-order valence-electron chi connectivity index (χ1n) is 11.6. The molecule has 13 heteroatoms. The Hall–Kier alpha value is -4.10. The predicted molar refractivity (Wildman–Crippen MR) is 138 cm³/mol. The molecule has 0 spiro atoms. The number of methoxy groups -OCH3 is 3. The van der Waals surface area contributed by atoms with Crippen LogP contribution in [-0.4, -0.2) is 69.8 Å². The number of aliphatic hydroxyl groups is 1. The van der Waals surface area contributed by atoms with E-state index in [4.69, 9.17) is 14.2 Å². The standard InChI is InChI=1S/C25H28N6O6S/c1-15(24(32)17-12-26-16(2)27-13-17)38(33,34)14-21-29-30-25(18-8-6-11-22(28-18)37-5)31(21)23-19(35-3)9-7-10-20(23)36-4/h6-13,15,24,32H,14H2,1-5H3/t15-,24+/m1/s1. The summed E-state index contributed by atoms with van der Waals surface area (Å²) in [5, 5.41) is 18.1. The largest absolute Gasteiger partial charge is 0.494 e. The zero-order valence-electron chi connectivity index (χ0n) is 21.6. The Balaban J connectivity index is 1.84. The van der Waals surface area contributed by atoms with Gasteiger partial charge >= 0.3 is 0 Å². The lowest BCUT2D eigenvalue weighted by atomic mass is 10.1. The topological polar surface area (TPSA) is 151 Å². The van der Waals surface area contributed by atoms with Gasteiger partial charge in [-0.2, -0.15) is 0 Å². The minimum absolute atomic E-state index is 0.0756. The molecule has 12 nitrogen and oxygen atoms in total. The Morgan fingerprint density at radius 3 is 2.18 bits per heavy atom. The molecule has 0 aliphatic rings. The lowest BCUT2D eigenvalue weighted by Gasteiger charge is -2.20. The number of hydrogen-bond donors (Lipinski definition) is 1. The highest BCUT2D eigenvalue weighted by Gasteiger charge is 2.33. The summed E-state index contributed by atoms with van der Waals surface area (Å²) in [6.45, 7) is 3.12. The number of aliphatic hydroxyl groups excluding tert-OH is 1. The van der Waals surface area contributed by atoms with Crippen LogP contribution >= 0.6 is 0 Å². The molecule has 38 heavy (non-hydrogen) atoms. The van der Waals surface area contributed by atoms with Gasteiger partial charge in [0.2, 0.25) is 5.88 Å². The smallest absolute Gasteiger partial charge is 0.213 e. The summed E-state index contributed by atoms with van der Waals surface area (Å²) in [4.78, 5) is 12.6. The van der Waals surface area contributed by atoms with Crippen LogP contribution < -0.4 is 14.2 Å². The first kappa shape index (κ1) is 26.9. The quantitative estimate of drug-likeness (QED) is 0.316. The summed E-state index contributed by atoms with van der Waals surface area (Å²) in [6.07, 6.45) is 1.47. The minimum atomic E-state index is -3.98. The van der Waals surface area contributed by atoms with E-state index in [-0.39, 0.29) is 11.6 Å². The van der Waals surface area contributed by atoms with Gasteiger partial charge in [0.15, 0.2) is 21.5 Å². The second-order valence-electron chi connectivity index (χ2n) is 8.37. The number of ether oxygens (including phenoxy) is 3. The molecule has 0 unspecified atom stereocenters. The second kappa shape index (κ2) is 11.1. The molecule has 0 saturated heterocycles. The molecule has 0 saturated carbocycles. The summed E-state index contributed by atoms with van der Waals surface area (Å²) >= 11 is 0. The van der Waals surface area contributed by atoms with Gasteiger partial charge in [0.05, 0.1) is 32.7 Å². The molecule has 0 bridgehead atoms. The molecule has 0 fully saturated rings. The number of aryl methyl sites for hydroxylation is 1. The van der Waals surface area contributed by atoms with Gasteiger partial charge in [0.25, 0.3) is 0 Å². The van der Waals surface area contributed by atoms with Crippen LogP contribution in [0, 0.1) is 6.92 Å². The van der Waals surface area contributed by atoms with Crippen molar-refractivity contribution in [1.29, 1.82) is 0 Å². The van der Waals surface area contributed by atoms with Gasteiger partial charge in [-0.05, 0) is 32.0 Å². The van der Waals surface area contributed by atoms with Gasteiger partial charge < -0.3 is 19.3 Å². The highest BCUT2D eigenvalue weighted by Crippen LogP contribution is 2.37. The van der Waals surface area contributed by atoms with E-state index in [2.05, 4.69) is 25.1 Å². The molecule has 200 valence electrons. The van der Waals surface area contributed by atoms with Gasteiger partial charge in [-0.1, -0.05) is 12.1 Å². The highest BCUT2D eigenvalue weighted by molar-refractivity contribution is 7.91. The van der Waals surface area contributed by atoms with Gasteiger partial charge in [-0.25, -0.2) is 23.4 Å². The van der Waals surface area contributed by atoms with Gasteiger partial charge in [-0.3, -0.25) is 4.57 Å². The normalized spacial score (nSPS) is 13.1. The molecule has 4 rings (SSSR count). The number of nitrogens with zero attached hydrogens (tertiary/aromatic N) is 6. The fraction of sp³-hybridized carbons (Fsp3) is 0.320. The fourth-order valence-corrected chi connectivity index (χ4v) is 5.21. The van der Waals surface area contributed by atoms with Crippen LogP contribution in [0.25, 0.3) is 17.2 Å². The predicted octanol–water partition coefficient (Wildman–Crippen LogP) is 2.49. The Morgan fingerprint density at radius 2 is 1.58 bits per heavy atom.